The van der Waals surface area contributed by atoms with Crippen LogP contribution in [0.4, 0.5) is 10.5 Å². The molecule has 26 heavy (non-hydrogen) atoms. The summed E-state index contributed by atoms with van der Waals surface area (Å²) in [6, 6.07) is 14.8. The maximum Gasteiger partial charge on any atom is 0.315 e. The van der Waals surface area contributed by atoms with E-state index < -0.39 is 0 Å². The molecule has 0 unspecified atom stereocenters. The Kier molecular flexibility index (Phi) is 5.41. The van der Waals surface area contributed by atoms with Gasteiger partial charge in [0.15, 0.2) is 0 Å². The van der Waals surface area contributed by atoms with Gasteiger partial charge in [0.2, 0.25) is 5.91 Å². The van der Waals surface area contributed by atoms with E-state index >= 15 is 0 Å². The summed E-state index contributed by atoms with van der Waals surface area (Å²) in [7, 11) is 1.60. The van der Waals surface area contributed by atoms with Gasteiger partial charge in [-0.2, -0.15) is 0 Å². The maximum absolute atomic E-state index is 12.3. The molecule has 3 rings (SSSR count). The summed E-state index contributed by atoms with van der Waals surface area (Å²) in [5.41, 5.74) is 2.90. The number of urea groups is 1. The van der Waals surface area contributed by atoms with E-state index in [1.807, 2.05) is 55.5 Å². The lowest BCUT2D eigenvalue weighted by atomic mass is 10.2. The Labute approximate surface area is 153 Å². The lowest BCUT2D eigenvalue weighted by molar-refractivity contribution is -0.117. The number of para-hydroxylation sites is 1. The summed E-state index contributed by atoms with van der Waals surface area (Å²) in [5.74, 6) is 0.748. The monoisotopic (exact) mass is 353 g/mol. The first-order valence-electron chi connectivity index (χ1n) is 8.60. The van der Waals surface area contributed by atoms with Crippen LogP contribution in [0.2, 0.25) is 0 Å². The van der Waals surface area contributed by atoms with Gasteiger partial charge in [-0.3, -0.25) is 4.79 Å². The second-order valence-electron chi connectivity index (χ2n) is 6.38. The minimum atomic E-state index is -0.292. The van der Waals surface area contributed by atoms with Crippen LogP contribution in [0.25, 0.3) is 0 Å². The normalized spacial score (nSPS) is 16.5. The van der Waals surface area contributed by atoms with Crippen molar-refractivity contribution < 1.29 is 14.3 Å². The number of ether oxygens (including phenoxy) is 1. The summed E-state index contributed by atoms with van der Waals surface area (Å²) < 4.78 is 5.27. The van der Waals surface area contributed by atoms with Gasteiger partial charge in [-0.05, 0) is 25.1 Å². The van der Waals surface area contributed by atoms with Crippen LogP contribution in [0, 0.1) is 6.92 Å². The van der Waals surface area contributed by atoms with Crippen molar-refractivity contribution >= 4 is 17.6 Å². The largest absolute Gasteiger partial charge is 0.496 e. The lowest BCUT2D eigenvalue weighted by Gasteiger charge is -2.18. The quantitative estimate of drug-likeness (QED) is 0.868. The number of carbonyl (C=O) groups is 2. The number of amides is 3. The van der Waals surface area contributed by atoms with Crippen LogP contribution >= 0.6 is 0 Å². The molecule has 0 saturated carbocycles. The fraction of sp³-hybridized carbons (Fsp3) is 0.300. The third-order valence-electron chi connectivity index (χ3n) is 4.44. The zero-order valence-electron chi connectivity index (χ0n) is 15.0. The summed E-state index contributed by atoms with van der Waals surface area (Å²) in [5, 5.41) is 5.69. The van der Waals surface area contributed by atoms with Crippen LogP contribution in [0.1, 0.15) is 17.5 Å². The van der Waals surface area contributed by atoms with E-state index in [4.69, 9.17) is 4.74 Å². The first kappa shape index (κ1) is 17.8. The molecule has 2 N–H and O–H groups in total. The van der Waals surface area contributed by atoms with E-state index in [2.05, 4.69) is 10.6 Å². The van der Waals surface area contributed by atoms with E-state index in [1.54, 1.807) is 12.0 Å². The highest BCUT2D eigenvalue weighted by Crippen LogP contribution is 2.22. The van der Waals surface area contributed by atoms with Gasteiger partial charge >= 0.3 is 6.03 Å². The molecule has 2 aromatic rings. The number of hydrogen-bond donors (Lipinski definition) is 2. The maximum atomic E-state index is 12.3. The molecule has 0 aromatic heterocycles. The Morgan fingerprint density at radius 1 is 1.19 bits per heavy atom. The number of aryl methyl sites for hydroxylation is 1. The molecule has 1 atom stereocenters. The second kappa shape index (κ2) is 7.91. The first-order chi connectivity index (χ1) is 12.6. The predicted molar refractivity (Wildman–Crippen MR) is 100 cm³/mol. The SMILES string of the molecule is COc1ccccc1CNC(=O)N[C@H]1CC(=O)N(c2ccc(C)cc2)C1. The van der Waals surface area contributed by atoms with E-state index in [1.165, 1.54) is 0 Å². The molecule has 6 heteroatoms. The molecule has 1 aliphatic rings. The molecular weight excluding hydrogens is 330 g/mol. The van der Waals surface area contributed by atoms with E-state index in [9.17, 15) is 9.59 Å². The Morgan fingerprint density at radius 3 is 2.65 bits per heavy atom. The highest BCUT2D eigenvalue weighted by Gasteiger charge is 2.31. The molecule has 136 valence electrons. The molecule has 1 heterocycles. The van der Waals surface area contributed by atoms with Crippen molar-refractivity contribution in [3.05, 3.63) is 59.7 Å². The summed E-state index contributed by atoms with van der Waals surface area (Å²) >= 11 is 0. The predicted octanol–water partition coefficient (Wildman–Crippen LogP) is 2.61. The van der Waals surface area contributed by atoms with Gasteiger partial charge in [0, 0.05) is 30.8 Å². The van der Waals surface area contributed by atoms with Crippen LogP contribution in [0.15, 0.2) is 48.5 Å². The molecule has 0 aliphatic carbocycles. The fourth-order valence-corrected chi connectivity index (χ4v) is 3.04. The minimum absolute atomic E-state index is 0.0175. The van der Waals surface area contributed by atoms with E-state index in [-0.39, 0.29) is 18.0 Å². The molecule has 6 nitrogen and oxygen atoms in total. The van der Waals surface area contributed by atoms with Crippen molar-refractivity contribution in [2.45, 2.75) is 25.9 Å². The van der Waals surface area contributed by atoms with Gasteiger partial charge in [0.25, 0.3) is 0 Å². The van der Waals surface area contributed by atoms with Gasteiger partial charge < -0.3 is 20.3 Å². The number of nitrogens with zero attached hydrogens (tertiary/aromatic N) is 1. The van der Waals surface area contributed by atoms with Crippen molar-refractivity contribution in [1.29, 1.82) is 0 Å². The smallest absolute Gasteiger partial charge is 0.315 e. The van der Waals surface area contributed by atoms with Crippen molar-refractivity contribution in [1.82, 2.24) is 10.6 Å². The Balaban J connectivity index is 1.53. The minimum Gasteiger partial charge on any atom is -0.496 e. The number of anilines is 1. The topological polar surface area (TPSA) is 70.7 Å². The van der Waals surface area contributed by atoms with Crippen molar-refractivity contribution in [3.63, 3.8) is 0 Å². The number of methoxy groups -OCH3 is 1. The van der Waals surface area contributed by atoms with Gasteiger partial charge in [-0.25, -0.2) is 4.79 Å². The zero-order valence-corrected chi connectivity index (χ0v) is 15.0. The average Bonchev–Trinajstić information content (AvgIpc) is 3.01. The third-order valence-corrected chi connectivity index (χ3v) is 4.44. The van der Waals surface area contributed by atoms with Crippen LogP contribution in [0.5, 0.6) is 5.75 Å². The standard InChI is InChI=1S/C20H23N3O3/c1-14-7-9-17(10-8-14)23-13-16(11-19(23)24)22-20(25)21-12-15-5-3-4-6-18(15)26-2/h3-10,16H,11-13H2,1-2H3,(H2,21,22,25)/t16-/m0/s1. The summed E-state index contributed by atoms with van der Waals surface area (Å²) in [6.45, 7) is 2.84. The van der Waals surface area contributed by atoms with Crippen molar-refractivity contribution in [2.24, 2.45) is 0 Å². The van der Waals surface area contributed by atoms with Crippen LogP contribution in [0.3, 0.4) is 0 Å². The number of hydrogen-bond acceptors (Lipinski definition) is 3. The molecule has 1 aliphatic heterocycles. The van der Waals surface area contributed by atoms with E-state index in [0.717, 1.165) is 22.6 Å². The number of carbonyl (C=O) groups excluding carboxylic acids is 2. The molecule has 2 aromatic carbocycles. The highest BCUT2D eigenvalue weighted by molar-refractivity contribution is 5.96. The third kappa shape index (κ3) is 4.14. The van der Waals surface area contributed by atoms with Gasteiger partial charge in [0.05, 0.1) is 13.2 Å². The van der Waals surface area contributed by atoms with Gasteiger partial charge in [0.1, 0.15) is 5.75 Å². The Bertz CT molecular complexity index is 789. The first-order valence-corrected chi connectivity index (χ1v) is 8.60. The number of rotatable bonds is 5. The van der Waals surface area contributed by atoms with Crippen LogP contribution in [-0.2, 0) is 11.3 Å². The lowest BCUT2D eigenvalue weighted by Crippen LogP contribution is -2.43. The number of nitrogens with one attached hydrogen (secondary N) is 2. The molecule has 0 bridgehead atoms. The average molecular weight is 353 g/mol. The number of benzene rings is 2. The molecule has 0 radical (unpaired) electrons. The zero-order chi connectivity index (χ0) is 18.5. The van der Waals surface area contributed by atoms with Crippen LogP contribution < -0.4 is 20.3 Å². The second-order valence-corrected chi connectivity index (χ2v) is 6.38. The van der Waals surface area contributed by atoms with Crippen molar-refractivity contribution in [3.8, 4) is 5.75 Å². The Hall–Kier alpha value is -3.02. The molecule has 1 fully saturated rings. The van der Waals surface area contributed by atoms with E-state index in [0.29, 0.717) is 19.5 Å². The van der Waals surface area contributed by atoms with Crippen molar-refractivity contribution in [2.75, 3.05) is 18.6 Å². The van der Waals surface area contributed by atoms with Crippen LogP contribution in [-0.4, -0.2) is 31.6 Å². The van der Waals surface area contributed by atoms with Gasteiger partial charge in [-0.15, -0.1) is 0 Å². The molecular formula is C20H23N3O3. The highest BCUT2D eigenvalue weighted by atomic mass is 16.5. The Morgan fingerprint density at radius 2 is 1.92 bits per heavy atom. The van der Waals surface area contributed by atoms with Gasteiger partial charge in [-0.1, -0.05) is 35.9 Å². The summed E-state index contributed by atoms with van der Waals surface area (Å²) in [6.07, 6.45) is 0.302. The fourth-order valence-electron chi connectivity index (χ4n) is 3.04. The molecule has 0 spiro atoms. The molecule has 3 amide bonds. The molecule has 1 saturated heterocycles. The summed E-state index contributed by atoms with van der Waals surface area (Å²) in [4.78, 5) is 26.1.